The Hall–Kier alpha value is -2.78. The third-order valence-corrected chi connectivity index (χ3v) is 4.96. The summed E-state index contributed by atoms with van der Waals surface area (Å²) in [6.07, 6.45) is 0.797. The summed E-state index contributed by atoms with van der Waals surface area (Å²) in [5.74, 6) is 0.843. The number of hydrogen-bond acceptors (Lipinski definition) is 3. The summed E-state index contributed by atoms with van der Waals surface area (Å²) in [6.45, 7) is 0. The van der Waals surface area contributed by atoms with Gasteiger partial charge >= 0.3 is 0 Å². The van der Waals surface area contributed by atoms with Gasteiger partial charge in [-0.3, -0.25) is 5.01 Å². The summed E-state index contributed by atoms with van der Waals surface area (Å²) >= 11 is 6.50. The molecule has 3 aromatic rings. The molecule has 0 radical (unpaired) electrons. The van der Waals surface area contributed by atoms with Crippen molar-refractivity contribution in [2.24, 2.45) is 5.10 Å². The maximum absolute atomic E-state index is 6.50. The molecule has 1 heterocycles. The Balaban J connectivity index is 1.74. The van der Waals surface area contributed by atoms with Crippen LogP contribution in [0.25, 0.3) is 0 Å². The van der Waals surface area contributed by atoms with Crippen LogP contribution in [0.4, 0.5) is 5.69 Å². The molecule has 0 fully saturated rings. The molecule has 0 saturated carbocycles. The first-order chi connectivity index (χ1) is 12.8. The van der Waals surface area contributed by atoms with Gasteiger partial charge in [-0.15, -0.1) is 0 Å². The summed E-state index contributed by atoms with van der Waals surface area (Å²) in [5, 5.41) is 7.77. The van der Waals surface area contributed by atoms with E-state index in [0.717, 1.165) is 39.7 Å². The van der Waals surface area contributed by atoms with Crippen LogP contribution in [0.3, 0.4) is 0 Å². The molecule has 130 valence electrons. The number of anilines is 1. The highest BCUT2D eigenvalue weighted by atomic mass is 35.5. The van der Waals surface area contributed by atoms with Crippen LogP contribution in [0.1, 0.15) is 23.6 Å². The van der Waals surface area contributed by atoms with Gasteiger partial charge in [-0.1, -0.05) is 48.0 Å². The van der Waals surface area contributed by atoms with Crippen LogP contribution in [0, 0.1) is 0 Å². The molecule has 1 aliphatic rings. The van der Waals surface area contributed by atoms with Crippen LogP contribution in [-0.4, -0.2) is 12.8 Å². The molecule has 3 nitrogen and oxygen atoms in total. The molecule has 0 N–H and O–H groups in total. The number of nitrogens with zero attached hydrogens (tertiary/aromatic N) is 2. The highest BCUT2D eigenvalue weighted by molar-refractivity contribution is 6.31. The molecule has 0 amide bonds. The molecule has 0 spiro atoms. The van der Waals surface area contributed by atoms with Gasteiger partial charge < -0.3 is 4.74 Å². The van der Waals surface area contributed by atoms with Crippen LogP contribution >= 0.6 is 11.6 Å². The van der Waals surface area contributed by atoms with Crippen molar-refractivity contribution < 1.29 is 4.74 Å². The predicted molar refractivity (Wildman–Crippen MR) is 107 cm³/mol. The Morgan fingerprint density at radius 2 is 1.62 bits per heavy atom. The number of hydrazone groups is 1. The number of ether oxygens (including phenoxy) is 1. The largest absolute Gasteiger partial charge is 0.497 e. The second-order valence-electron chi connectivity index (χ2n) is 6.20. The average molecular weight is 363 g/mol. The first kappa shape index (κ1) is 16.7. The Morgan fingerprint density at radius 1 is 0.923 bits per heavy atom. The van der Waals surface area contributed by atoms with Gasteiger partial charge in [0.15, 0.2) is 0 Å². The van der Waals surface area contributed by atoms with E-state index in [-0.39, 0.29) is 6.04 Å². The summed E-state index contributed by atoms with van der Waals surface area (Å²) in [5.41, 5.74) is 4.29. The SMILES string of the molecule is COc1ccc(C2=NN(c3ccccc3)[C@@H](c3ccccc3Cl)C2)cc1. The van der Waals surface area contributed by atoms with Crippen LogP contribution in [-0.2, 0) is 0 Å². The first-order valence-electron chi connectivity index (χ1n) is 8.57. The molecule has 0 aromatic heterocycles. The van der Waals surface area contributed by atoms with E-state index in [0.29, 0.717) is 0 Å². The fourth-order valence-electron chi connectivity index (χ4n) is 3.27. The topological polar surface area (TPSA) is 24.8 Å². The van der Waals surface area contributed by atoms with E-state index in [1.165, 1.54) is 0 Å². The van der Waals surface area contributed by atoms with Crippen LogP contribution in [0.15, 0.2) is 84.0 Å². The van der Waals surface area contributed by atoms with Crippen molar-refractivity contribution in [3.8, 4) is 5.75 Å². The maximum Gasteiger partial charge on any atom is 0.118 e. The van der Waals surface area contributed by atoms with E-state index >= 15 is 0 Å². The minimum atomic E-state index is 0.0724. The van der Waals surface area contributed by atoms with E-state index < -0.39 is 0 Å². The van der Waals surface area contributed by atoms with E-state index in [1.54, 1.807) is 7.11 Å². The van der Waals surface area contributed by atoms with Crippen molar-refractivity contribution >= 4 is 23.0 Å². The van der Waals surface area contributed by atoms with Gasteiger partial charge in [-0.2, -0.15) is 5.10 Å². The summed E-state index contributed by atoms with van der Waals surface area (Å²) in [4.78, 5) is 0. The van der Waals surface area contributed by atoms with Gasteiger partial charge in [0.25, 0.3) is 0 Å². The van der Waals surface area contributed by atoms with E-state index in [9.17, 15) is 0 Å². The number of benzene rings is 3. The zero-order valence-corrected chi connectivity index (χ0v) is 15.2. The third-order valence-electron chi connectivity index (χ3n) is 4.62. The number of methoxy groups -OCH3 is 1. The van der Waals surface area contributed by atoms with Crippen molar-refractivity contribution in [2.75, 3.05) is 12.1 Å². The second kappa shape index (κ2) is 7.22. The minimum Gasteiger partial charge on any atom is -0.497 e. The third kappa shape index (κ3) is 3.18. The predicted octanol–water partition coefficient (Wildman–Crippen LogP) is 5.70. The van der Waals surface area contributed by atoms with E-state index in [4.69, 9.17) is 21.4 Å². The first-order valence-corrected chi connectivity index (χ1v) is 8.94. The fourth-order valence-corrected chi connectivity index (χ4v) is 3.54. The van der Waals surface area contributed by atoms with Crippen molar-refractivity contribution in [2.45, 2.75) is 12.5 Å². The zero-order chi connectivity index (χ0) is 17.9. The zero-order valence-electron chi connectivity index (χ0n) is 14.5. The Bertz CT molecular complexity index is 922. The van der Waals surface area contributed by atoms with Crippen LogP contribution in [0.2, 0.25) is 5.02 Å². The summed E-state index contributed by atoms with van der Waals surface area (Å²) in [6, 6.07) is 26.3. The lowest BCUT2D eigenvalue weighted by Gasteiger charge is -2.24. The summed E-state index contributed by atoms with van der Waals surface area (Å²) < 4.78 is 5.26. The molecule has 0 bridgehead atoms. The normalized spacial score (nSPS) is 16.5. The van der Waals surface area contributed by atoms with Gasteiger partial charge in [0.05, 0.1) is 24.6 Å². The molecule has 0 saturated heterocycles. The van der Waals surface area contributed by atoms with Gasteiger partial charge in [-0.05, 0) is 53.6 Å². The molecule has 0 aliphatic carbocycles. The lowest BCUT2D eigenvalue weighted by atomic mass is 9.98. The lowest BCUT2D eigenvalue weighted by molar-refractivity contribution is 0.415. The van der Waals surface area contributed by atoms with Crippen molar-refractivity contribution in [1.29, 1.82) is 0 Å². The van der Waals surface area contributed by atoms with Gasteiger partial charge in [0.2, 0.25) is 0 Å². The highest BCUT2D eigenvalue weighted by Crippen LogP contribution is 2.39. The molecular weight excluding hydrogens is 344 g/mol. The monoisotopic (exact) mass is 362 g/mol. The molecule has 1 atom stereocenters. The quantitative estimate of drug-likeness (QED) is 0.594. The van der Waals surface area contributed by atoms with Gasteiger partial charge in [-0.25, -0.2) is 0 Å². The smallest absolute Gasteiger partial charge is 0.118 e. The van der Waals surface area contributed by atoms with Crippen molar-refractivity contribution in [3.63, 3.8) is 0 Å². The van der Waals surface area contributed by atoms with Crippen molar-refractivity contribution in [3.05, 3.63) is 95.0 Å². The fraction of sp³-hybridized carbons (Fsp3) is 0.136. The lowest BCUT2D eigenvalue weighted by Crippen LogP contribution is -2.18. The average Bonchev–Trinajstić information content (AvgIpc) is 3.14. The standard InChI is InChI=1S/C22H19ClN2O/c1-26-18-13-11-16(12-14-18)21-15-22(19-9-5-6-10-20(19)23)25(24-21)17-7-3-2-4-8-17/h2-14,22H,15H2,1H3/t22-/m1/s1. The molecule has 26 heavy (non-hydrogen) atoms. The molecule has 1 aliphatic heterocycles. The molecular formula is C22H19ClN2O. The molecule has 0 unspecified atom stereocenters. The Kier molecular flexibility index (Phi) is 4.63. The van der Waals surface area contributed by atoms with Crippen LogP contribution < -0.4 is 9.75 Å². The van der Waals surface area contributed by atoms with E-state index in [1.807, 2.05) is 48.5 Å². The maximum atomic E-state index is 6.50. The minimum absolute atomic E-state index is 0.0724. The van der Waals surface area contributed by atoms with Gasteiger partial charge in [0.1, 0.15) is 5.75 Å². The molecule has 4 rings (SSSR count). The Labute approximate surface area is 158 Å². The van der Waals surface area contributed by atoms with E-state index in [2.05, 4.69) is 35.3 Å². The van der Waals surface area contributed by atoms with Crippen LogP contribution in [0.5, 0.6) is 5.75 Å². The van der Waals surface area contributed by atoms with Gasteiger partial charge in [0, 0.05) is 11.4 Å². The molecule has 3 aromatic carbocycles. The summed E-state index contributed by atoms with van der Waals surface area (Å²) in [7, 11) is 1.67. The second-order valence-corrected chi connectivity index (χ2v) is 6.60. The highest BCUT2D eigenvalue weighted by Gasteiger charge is 2.31. The van der Waals surface area contributed by atoms with Crippen molar-refractivity contribution in [1.82, 2.24) is 0 Å². The molecule has 4 heteroatoms. The number of para-hydroxylation sites is 1. The Morgan fingerprint density at radius 3 is 2.31 bits per heavy atom. The number of halogens is 1. The number of rotatable bonds is 4. The number of hydrogen-bond donors (Lipinski definition) is 0.